The molecule has 3 aliphatic rings. The number of piperidine rings is 1. The maximum atomic E-state index is 12.4. The number of carbonyl (C=O) groups is 1. The van der Waals surface area contributed by atoms with Gasteiger partial charge in [-0.05, 0) is 56.3 Å². The van der Waals surface area contributed by atoms with Gasteiger partial charge >= 0.3 is 5.97 Å². The number of hydrogen-bond donors (Lipinski definition) is 2. The Hall–Kier alpha value is -0.660. The number of carboxylic acids is 1. The Morgan fingerprint density at radius 2 is 1.81 bits per heavy atom. The summed E-state index contributed by atoms with van der Waals surface area (Å²) < 4.78 is 28.8. The molecule has 0 aromatic heterocycles. The molecule has 1 atom stereocenters. The van der Waals surface area contributed by atoms with Crippen LogP contribution in [0.25, 0.3) is 0 Å². The van der Waals surface area contributed by atoms with Crippen LogP contribution < -0.4 is 4.72 Å². The average molecular weight is 316 g/mol. The lowest BCUT2D eigenvalue weighted by Gasteiger charge is -2.30. The van der Waals surface area contributed by atoms with E-state index < -0.39 is 22.1 Å². The summed E-state index contributed by atoms with van der Waals surface area (Å²) in [6, 6.07) is 0. The molecule has 0 aromatic rings. The van der Waals surface area contributed by atoms with Crippen molar-refractivity contribution in [2.24, 2.45) is 23.7 Å². The van der Waals surface area contributed by atoms with Crippen LogP contribution in [0, 0.1) is 23.7 Å². The van der Waals surface area contributed by atoms with Gasteiger partial charge in [0.05, 0.1) is 5.92 Å². The molecule has 21 heavy (non-hydrogen) atoms. The fourth-order valence-electron chi connectivity index (χ4n) is 3.42. The monoisotopic (exact) mass is 316 g/mol. The minimum atomic E-state index is -3.54. The van der Waals surface area contributed by atoms with Gasteiger partial charge in [-0.15, -0.1) is 0 Å². The summed E-state index contributed by atoms with van der Waals surface area (Å²) >= 11 is 0. The van der Waals surface area contributed by atoms with Crippen molar-refractivity contribution in [2.75, 3.05) is 19.6 Å². The van der Waals surface area contributed by atoms with Gasteiger partial charge in [0.2, 0.25) is 0 Å². The van der Waals surface area contributed by atoms with E-state index in [0.717, 1.165) is 0 Å². The molecule has 1 saturated heterocycles. The first-order valence-corrected chi connectivity index (χ1v) is 9.39. The lowest BCUT2D eigenvalue weighted by Crippen LogP contribution is -2.48. The van der Waals surface area contributed by atoms with Gasteiger partial charge in [0.1, 0.15) is 0 Å². The fraction of sp³-hybridized carbons (Fsp3) is 0.929. The molecule has 0 aromatic carbocycles. The summed E-state index contributed by atoms with van der Waals surface area (Å²) in [7, 11) is -3.54. The van der Waals surface area contributed by atoms with Crippen LogP contribution in [0.4, 0.5) is 0 Å². The Morgan fingerprint density at radius 1 is 1.19 bits per heavy atom. The predicted molar refractivity (Wildman–Crippen MR) is 77.8 cm³/mol. The van der Waals surface area contributed by atoms with Gasteiger partial charge in [0.15, 0.2) is 0 Å². The summed E-state index contributed by atoms with van der Waals surface area (Å²) in [5.74, 6) is 0.420. The van der Waals surface area contributed by atoms with Crippen molar-refractivity contribution < 1.29 is 18.3 Å². The lowest BCUT2D eigenvalue weighted by molar-refractivity contribution is -0.142. The van der Waals surface area contributed by atoms with Crippen LogP contribution >= 0.6 is 0 Å². The molecule has 0 bridgehead atoms. The summed E-state index contributed by atoms with van der Waals surface area (Å²) in [5, 5.41) is 9.06. The highest BCUT2D eigenvalue weighted by atomic mass is 32.2. The fourth-order valence-corrected chi connectivity index (χ4v) is 4.75. The van der Waals surface area contributed by atoms with Crippen molar-refractivity contribution in [3.05, 3.63) is 0 Å². The summed E-state index contributed by atoms with van der Waals surface area (Å²) in [5.41, 5.74) is 0. The van der Waals surface area contributed by atoms with Gasteiger partial charge in [-0.25, -0.2) is 4.72 Å². The van der Waals surface area contributed by atoms with Crippen molar-refractivity contribution in [3.8, 4) is 0 Å². The highest BCUT2D eigenvalue weighted by molar-refractivity contribution is 7.87. The summed E-state index contributed by atoms with van der Waals surface area (Å²) in [6.07, 6.45) is 6.10. The van der Waals surface area contributed by atoms with Gasteiger partial charge in [-0.1, -0.05) is 0 Å². The first-order valence-electron chi connectivity index (χ1n) is 7.95. The van der Waals surface area contributed by atoms with E-state index in [9.17, 15) is 13.2 Å². The van der Waals surface area contributed by atoms with E-state index in [1.807, 2.05) is 0 Å². The number of rotatable bonds is 7. The minimum Gasteiger partial charge on any atom is -0.481 e. The van der Waals surface area contributed by atoms with Crippen molar-refractivity contribution >= 4 is 16.2 Å². The zero-order valence-corrected chi connectivity index (χ0v) is 13.0. The molecule has 6 nitrogen and oxygen atoms in total. The third-order valence-electron chi connectivity index (χ3n) is 5.03. The predicted octanol–water partition coefficient (Wildman–Crippen LogP) is 1.05. The Labute approximate surface area is 126 Å². The standard InChI is InChI=1S/C14H24N2O4S/c17-14(18)12-2-1-7-16(9-12)21(19,20)15-8-13(10-3-4-10)11-5-6-11/h10-13,15H,1-9H2,(H,17,18). The highest BCUT2D eigenvalue weighted by Crippen LogP contribution is 2.48. The van der Waals surface area contributed by atoms with Gasteiger partial charge in [-0.3, -0.25) is 4.79 Å². The Balaban J connectivity index is 1.56. The van der Waals surface area contributed by atoms with Crippen LogP contribution in [0.1, 0.15) is 38.5 Å². The first-order chi connectivity index (χ1) is 9.97. The minimum absolute atomic E-state index is 0.0994. The molecule has 0 spiro atoms. The molecule has 1 heterocycles. The molecule has 1 unspecified atom stereocenters. The van der Waals surface area contributed by atoms with E-state index in [-0.39, 0.29) is 6.54 Å². The van der Waals surface area contributed by atoms with Crippen LogP contribution in [0.3, 0.4) is 0 Å². The highest BCUT2D eigenvalue weighted by Gasteiger charge is 2.42. The second-order valence-corrected chi connectivity index (χ2v) is 8.48. The largest absolute Gasteiger partial charge is 0.481 e. The van der Waals surface area contributed by atoms with Crippen LogP contribution in [-0.4, -0.2) is 43.4 Å². The van der Waals surface area contributed by atoms with Crippen molar-refractivity contribution in [1.82, 2.24) is 9.03 Å². The second-order valence-electron chi connectivity index (χ2n) is 6.73. The van der Waals surface area contributed by atoms with Crippen LogP contribution in [0.5, 0.6) is 0 Å². The zero-order valence-electron chi connectivity index (χ0n) is 12.2. The van der Waals surface area contributed by atoms with E-state index in [0.29, 0.717) is 43.7 Å². The van der Waals surface area contributed by atoms with Crippen molar-refractivity contribution in [2.45, 2.75) is 38.5 Å². The molecular weight excluding hydrogens is 292 g/mol. The molecule has 1 aliphatic heterocycles. The summed E-state index contributed by atoms with van der Waals surface area (Å²) in [6.45, 7) is 1.05. The van der Waals surface area contributed by atoms with E-state index >= 15 is 0 Å². The molecule has 2 aliphatic carbocycles. The maximum Gasteiger partial charge on any atom is 0.307 e. The van der Waals surface area contributed by atoms with E-state index in [1.165, 1.54) is 30.0 Å². The Kier molecular flexibility index (Phi) is 4.25. The molecule has 0 radical (unpaired) electrons. The van der Waals surface area contributed by atoms with Gasteiger partial charge in [-0.2, -0.15) is 12.7 Å². The number of carboxylic acid groups (broad SMARTS) is 1. The third-order valence-corrected chi connectivity index (χ3v) is 6.57. The number of nitrogens with zero attached hydrogens (tertiary/aromatic N) is 1. The SMILES string of the molecule is O=C(O)C1CCCN(S(=O)(=O)NCC(C2CC2)C2CC2)C1. The van der Waals surface area contributed by atoms with E-state index in [4.69, 9.17) is 5.11 Å². The van der Waals surface area contributed by atoms with Crippen molar-refractivity contribution in [3.63, 3.8) is 0 Å². The average Bonchev–Trinajstić information content (AvgIpc) is 3.32. The normalized spacial score (nSPS) is 28.0. The molecule has 120 valence electrons. The molecule has 3 rings (SSSR count). The second kappa shape index (κ2) is 5.85. The van der Waals surface area contributed by atoms with Crippen LogP contribution in [0.15, 0.2) is 0 Å². The third kappa shape index (κ3) is 3.76. The zero-order chi connectivity index (χ0) is 15.0. The quantitative estimate of drug-likeness (QED) is 0.735. The van der Waals surface area contributed by atoms with Gasteiger partial charge < -0.3 is 5.11 Å². The lowest BCUT2D eigenvalue weighted by atomic mass is 9.99. The number of hydrogen-bond acceptors (Lipinski definition) is 3. The first kappa shape index (κ1) is 15.2. The number of aliphatic carboxylic acids is 1. The van der Waals surface area contributed by atoms with Crippen LogP contribution in [-0.2, 0) is 15.0 Å². The smallest absolute Gasteiger partial charge is 0.307 e. The molecule has 7 heteroatoms. The molecule has 3 fully saturated rings. The molecule has 0 amide bonds. The molecular formula is C14H24N2O4S. The number of nitrogens with one attached hydrogen (secondary N) is 1. The van der Waals surface area contributed by atoms with E-state index in [1.54, 1.807) is 0 Å². The van der Waals surface area contributed by atoms with Gasteiger partial charge in [0.25, 0.3) is 10.2 Å². The molecule has 2 saturated carbocycles. The maximum absolute atomic E-state index is 12.4. The van der Waals surface area contributed by atoms with Crippen LogP contribution in [0.2, 0.25) is 0 Å². The Bertz CT molecular complexity index is 487. The van der Waals surface area contributed by atoms with Crippen molar-refractivity contribution in [1.29, 1.82) is 0 Å². The van der Waals surface area contributed by atoms with E-state index in [2.05, 4.69) is 4.72 Å². The summed E-state index contributed by atoms with van der Waals surface area (Å²) in [4.78, 5) is 11.0. The van der Waals surface area contributed by atoms with Gasteiger partial charge in [0, 0.05) is 19.6 Å². The topological polar surface area (TPSA) is 86.7 Å². The Morgan fingerprint density at radius 3 is 2.33 bits per heavy atom. The molecule has 2 N–H and O–H groups in total.